The number of nitrogens with one attached hydrogen (secondary N) is 1. The molecule has 1 N–H and O–H groups in total. The Balaban J connectivity index is 1.80. The molecule has 0 atom stereocenters. The molecule has 104 valence electrons. The number of nitrogens with zero attached hydrogens (tertiary/aromatic N) is 4. The molecule has 0 aliphatic carbocycles. The minimum Gasteiger partial charge on any atom is -0.344 e. The first-order valence-electron chi connectivity index (χ1n) is 5.79. The van der Waals surface area contributed by atoms with Gasteiger partial charge in [-0.25, -0.2) is 0 Å². The van der Waals surface area contributed by atoms with E-state index in [1.165, 1.54) is 16.3 Å². The Morgan fingerprint density at radius 3 is 3.05 bits per heavy atom. The van der Waals surface area contributed by atoms with Crippen molar-refractivity contribution in [1.82, 2.24) is 24.5 Å². The van der Waals surface area contributed by atoms with Gasteiger partial charge in [-0.3, -0.25) is 14.0 Å². The lowest BCUT2D eigenvalue weighted by molar-refractivity contribution is -0.117. The van der Waals surface area contributed by atoms with Gasteiger partial charge in [-0.1, -0.05) is 0 Å². The molecule has 3 heterocycles. The molecule has 7 nitrogen and oxygen atoms in total. The Morgan fingerprint density at radius 2 is 2.30 bits per heavy atom. The van der Waals surface area contributed by atoms with Crippen LogP contribution in [0.5, 0.6) is 0 Å². The number of fused-ring (bicyclic) bond motifs is 1. The molecule has 0 fully saturated rings. The van der Waals surface area contributed by atoms with E-state index in [1.807, 2.05) is 5.41 Å². The molecule has 1 aliphatic rings. The Morgan fingerprint density at radius 1 is 1.45 bits per heavy atom. The second kappa shape index (κ2) is 5.33. The summed E-state index contributed by atoms with van der Waals surface area (Å²) in [6.07, 6.45) is 3.34. The molecule has 0 radical (unpaired) electrons. The number of carbonyl (C=O) groups excluding carboxylic acids is 1. The van der Waals surface area contributed by atoms with Gasteiger partial charge in [0, 0.05) is 24.5 Å². The molecular weight excluding hydrogens is 298 g/mol. The number of carbonyl (C=O) groups is 1. The van der Waals surface area contributed by atoms with Crippen LogP contribution in [0.15, 0.2) is 27.5 Å². The first-order chi connectivity index (χ1) is 9.66. The van der Waals surface area contributed by atoms with Crippen molar-refractivity contribution in [2.75, 3.05) is 5.08 Å². The quantitative estimate of drug-likeness (QED) is 0.879. The van der Waals surface area contributed by atoms with Gasteiger partial charge >= 0.3 is 0 Å². The van der Waals surface area contributed by atoms with Crippen LogP contribution in [0.25, 0.3) is 5.65 Å². The molecule has 1 amide bonds. The molecule has 2 aromatic heterocycles. The topological polar surface area (TPSA) is 81.3 Å². The molecule has 2 aromatic rings. The Kier molecular flexibility index (Phi) is 3.53. The summed E-state index contributed by atoms with van der Waals surface area (Å²) in [6, 6.07) is 0. The van der Waals surface area contributed by atoms with E-state index in [1.54, 1.807) is 35.6 Å². The zero-order chi connectivity index (χ0) is 14.1. The molecule has 0 spiro atoms. The second-order valence-corrected chi connectivity index (χ2v) is 6.36. The third-order valence-corrected chi connectivity index (χ3v) is 5.00. The van der Waals surface area contributed by atoms with E-state index in [4.69, 9.17) is 0 Å². The Labute approximate surface area is 122 Å². The first kappa shape index (κ1) is 13.3. The van der Waals surface area contributed by atoms with Gasteiger partial charge in [0.2, 0.25) is 5.65 Å². The third-order valence-electron chi connectivity index (χ3n) is 2.82. The monoisotopic (exact) mass is 309 g/mol. The highest BCUT2D eigenvalue weighted by Crippen LogP contribution is 2.31. The minimum atomic E-state index is -0.219. The van der Waals surface area contributed by atoms with Crippen LogP contribution < -0.4 is 10.9 Å². The van der Waals surface area contributed by atoms with E-state index >= 15 is 0 Å². The average Bonchev–Trinajstić information content (AvgIpc) is 3.09. The van der Waals surface area contributed by atoms with Crippen molar-refractivity contribution in [3.63, 3.8) is 0 Å². The maximum Gasteiger partial charge on any atom is 0.295 e. The van der Waals surface area contributed by atoms with Gasteiger partial charge in [0.05, 0.1) is 11.4 Å². The van der Waals surface area contributed by atoms with Crippen LogP contribution in [-0.4, -0.2) is 30.2 Å². The lowest BCUT2D eigenvalue weighted by Crippen LogP contribution is -2.25. The summed E-state index contributed by atoms with van der Waals surface area (Å²) < 4.78 is 3.02. The Bertz CT molecular complexity index is 764. The van der Waals surface area contributed by atoms with Crippen molar-refractivity contribution < 1.29 is 4.79 Å². The van der Waals surface area contributed by atoms with E-state index in [2.05, 4.69) is 15.5 Å². The number of hydrogen-bond donors (Lipinski definition) is 1. The van der Waals surface area contributed by atoms with E-state index in [0.717, 1.165) is 5.08 Å². The van der Waals surface area contributed by atoms with Crippen molar-refractivity contribution in [3.8, 4) is 0 Å². The average molecular weight is 309 g/mol. The Hall–Kier alpha value is -1.74. The summed E-state index contributed by atoms with van der Waals surface area (Å²) in [5, 5.41) is 13.3. The van der Waals surface area contributed by atoms with Gasteiger partial charge in [0.25, 0.3) is 11.5 Å². The van der Waals surface area contributed by atoms with Crippen LogP contribution in [0.3, 0.4) is 0 Å². The van der Waals surface area contributed by atoms with Gasteiger partial charge in [-0.05, 0) is 5.41 Å². The highest BCUT2D eigenvalue weighted by molar-refractivity contribution is 8.22. The smallest absolute Gasteiger partial charge is 0.295 e. The van der Waals surface area contributed by atoms with E-state index in [0.29, 0.717) is 10.7 Å². The normalized spacial score (nSPS) is 14.6. The highest BCUT2D eigenvalue weighted by Gasteiger charge is 2.16. The largest absolute Gasteiger partial charge is 0.344 e. The predicted molar refractivity (Wildman–Crippen MR) is 78.2 cm³/mol. The van der Waals surface area contributed by atoms with Crippen molar-refractivity contribution in [2.24, 2.45) is 7.05 Å². The van der Waals surface area contributed by atoms with Crippen LogP contribution in [0.2, 0.25) is 0 Å². The lowest BCUT2D eigenvalue weighted by Gasteiger charge is -2.04. The van der Waals surface area contributed by atoms with Gasteiger partial charge < -0.3 is 9.88 Å². The number of aryl methyl sites for hydroxylation is 1. The number of rotatable bonds is 3. The van der Waals surface area contributed by atoms with E-state index in [-0.39, 0.29) is 23.7 Å². The molecule has 0 saturated carbocycles. The fourth-order valence-corrected chi connectivity index (χ4v) is 3.74. The number of thioether (sulfide) groups is 2. The summed E-state index contributed by atoms with van der Waals surface area (Å²) in [5.41, 5.74) is 0.0345. The van der Waals surface area contributed by atoms with Gasteiger partial charge in [-0.15, -0.1) is 33.7 Å². The predicted octanol–water partition coefficient (Wildman–Crippen LogP) is 0.323. The minimum absolute atomic E-state index is 0.124. The standard InChI is InChI=1S/C11H11N5O2S2/c1-15-2-3-16-8(13-14-9(16)11(15)18)4-12-10(17)7-5-19-6-20-7/h2-3,5H,4,6H2,1H3,(H,12,17). The zero-order valence-corrected chi connectivity index (χ0v) is 12.2. The summed E-state index contributed by atoms with van der Waals surface area (Å²) in [7, 11) is 1.65. The van der Waals surface area contributed by atoms with E-state index < -0.39 is 0 Å². The molecule has 20 heavy (non-hydrogen) atoms. The molecule has 0 aromatic carbocycles. The van der Waals surface area contributed by atoms with Crippen molar-refractivity contribution in [2.45, 2.75) is 6.54 Å². The molecular formula is C11H11N5O2S2. The number of aromatic nitrogens is 4. The fraction of sp³-hybridized carbons (Fsp3) is 0.273. The van der Waals surface area contributed by atoms with Crippen LogP contribution in [-0.2, 0) is 18.4 Å². The maximum absolute atomic E-state index is 11.9. The molecule has 9 heteroatoms. The molecule has 3 rings (SSSR count). The van der Waals surface area contributed by atoms with Crippen LogP contribution >= 0.6 is 23.5 Å². The SMILES string of the molecule is Cn1ccn2c(CNC(=O)C3=CSCS3)nnc2c1=O. The van der Waals surface area contributed by atoms with Crippen LogP contribution in [0.1, 0.15) is 5.82 Å². The summed E-state index contributed by atoms with van der Waals surface area (Å²) >= 11 is 3.11. The van der Waals surface area contributed by atoms with E-state index in [9.17, 15) is 9.59 Å². The number of amides is 1. The summed E-state index contributed by atoms with van der Waals surface area (Å²) in [6.45, 7) is 0.232. The van der Waals surface area contributed by atoms with Gasteiger partial charge in [0.1, 0.15) is 0 Å². The van der Waals surface area contributed by atoms with Crippen molar-refractivity contribution in [1.29, 1.82) is 0 Å². The third kappa shape index (κ3) is 2.34. The summed E-state index contributed by atoms with van der Waals surface area (Å²) in [4.78, 5) is 24.4. The fourth-order valence-electron chi connectivity index (χ4n) is 1.75. The molecule has 0 unspecified atom stereocenters. The molecule has 0 saturated heterocycles. The molecule has 0 bridgehead atoms. The van der Waals surface area contributed by atoms with Gasteiger partial charge in [-0.2, -0.15) is 0 Å². The van der Waals surface area contributed by atoms with Crippen molar-refractivity contribution in [3.05, 3.63) is 38.9 Å². The summed E-state index contributed by atoms with van der Waals surface area (Å²) in [5.74, 6) is 0.405. The highest BCUT2D eigenvalue weighted by atomic mass is 32.2. The van der Waals surface area contributed by atoms with Gasteiger partial charge in [0.15, 0.2) is 5.82 Å². The first-order valence-corrected chi connectivity index (χ1v) is 7.82. The number of hydrogen-bond acceptors (Lipinski definition) is 6. The second-order valence-electron chi connectivity index (χ2n) is 4.12. The lowest BCUT2D eigenvalue weighted by atomic mass is 10.5. The maximum atomic E-state index is 11.9. The van der Waals surface area contributed by atoms with Crippen LogP contribution in [0.4, 0.5) is 0 Å². The van der Waals surface area contributed by atoms with Crippen LogP contribution in [0, 0.1) is 0 Å². The molecule has 1 aliphatic heterocycles. The van der Waals surface area contributed by atoms with Crippen molar-refractivity contribution >= 4 is 35.1 Å². The zero-order valence-electron chi connectivity index (χ0n) is 10.6.